The van der Waals surface area contributed by atoms with Crippen LogP contribution in [-0.4, -0.2) is 18.9 Å². The lowest BCUT2D eigenvalue weighted by Gasteiger charge is -2.39. The number of hydrogen-bond donors (Lipinski definition) is 1. The maximum Gasteiger partial charge on any atom is 0.169 e. The number of carbonyl (C=O) groups excluding carboxylic acids is 1. The number of hydrogen-bond acceptors (Lipinski definition) is 3. The monoisotopic (exact) mass is 181 g/mol. The Labute approximate surface area is 77.9 Å². The van der Waals surface area contributed by atoms with E-state index in [1.165, 1.54) is 0 Å². The second-order valence-corrected chi connectivity index (χ2v) is 3.93. The zero-order chi connectivity index (χ0) is 9.31. The Bertz CT molecular complexity index is 248. The second-order valence-electron chi connectivity index (χ2n) is 3.93. The van der Waals surface area contributed by atoms with Crippen LogP contribution >= 0.6 is 0 Å². The maximum atomic E-state index is 12.0. The summed E-state index contributed by atoms with van der Waals surface area (Å²) in [5.74, 6) is 0.235. The highest BCUT2D eigenvalue weighted by Crippen LogP contribution is 2.43. The summed E-state index contributed by atoms with van der Waals surface area (Å²) < 4.78 is 5.06. The number of ether oxygens (including phenoxy) is 1. The molecule has 2 rings (SSSR count). The molecule has 13 heavy (non-hydrogen) atoms. The Morgan fingerprint density at radius 2 is 2.38 bits per heavy atom. The highest BCUT2D eigenvalue weighted by atomic mass is 16.5. The van der Waals surface area contributed by atoms with Crippen LogP contribution in [0.2, 0.25) is 0 Å². The fraction of sp³-hybridized carbons (Fsp3) is 0.700. The van der Waals surface area contributed by atoms with Crippen LogP contribution in [-0.2, 0) is 9.53 Å². The van der Waals surface area contributed by atoms with Crippen LogP contribution in [0.3, 0.4) is 0 Å². The first-order chi connectivity index (χ1) is 6.28. The van der Waals surface area contributed by atoms with Crippen molar-refractivity contribution in [1.29, 1.82) is 0 Å². The summed E-state index contributed by atoms with van der Waals surface area (Å²) in [7, 11) is 0. The Morgan fingerprint density at radius 1 is 1.62 bits per heavy atom. The topological polar surface area (TPSA) is 52.3 Å². The minimum atomic E-state index is -0.223. The van der Waals surface area contributed by atoms with E-state index in [0.29, 0.717) is 13.2 Å². The van der Waals surface area contributed by atoms with Crippen LogP contribution < -0.4 is 5.73 Å². The van der Waals surface area contributed by atoms with Gasteiger partial charge in [0.1, 0.15) is 0 Å². The molecule has 1 aliphatic heterocycles. The van der Waals surface area contributed by atoms with Crippen molar-refractivity contribution < 1.29 is 9.53 Å². The van der Waals surface area contributed by atoms with Crippen molar-refractivity contribution in [1.82, 2.24) is 0 Å². The molecule has 0 saturated heterocycles. The molecular weight excluding hydrogens is 166 g/mol. The van der Waals surface area contributed by atoms with Gasteiger partial charge in [-0.3, -0.25) is 4.79 Å². The largest absolute Gasteiger partial charge is 0.500 e. The van der Waals surface area contributed by atoms with Gasteiger partial charge in [-0.1, -0.05) is 6.42 Å². The molecule has 0 unspecified atom stereocenters. The summed E-state index contributed by atoms with van der Waals surface area (Å²) in [6.45, 7) is 1.14. The Balaban J connectivity index is 2.10. The lowest BCUT2D eigenvalue weighted by Crippen LogP contribution is -2.44. The molecule has 3 nitrogen and oxygen atoms in total. The highest BCUT2D eigenvalue weighted by molar-refractivity contribution is 6.00. The predicted octanol–water partition coefficient (Wildman–Crippen LogP) is 0.989. The van der Waals surface area contributed by atoms with Crippen LogP contribution in [0, 0.1) is 5.41 Å². The third-order valence-electron chi connectivity index (χ3n) is 3.19. The van der Waals surface area contributed by atoms with Gasteiger partial charge in [-0.15, -0.1) is 0 Å². The van der Waals surface area contributed by atoms with Gasteiger partial charge in [0, 0.05) is 24.0 Å². The van der Waals surface area contributed by atoms with Gasteiger partial charge < -0.3 is 10.5 Å². The van der Waals surface area contributed by atoms with Crippen molar-refractivity contribution >= 4 is 5.78 Å². The normalized spacial score (nSPS) is 24.5. The number of carbonyl (C=O) groups is 1. The summed E-state index contributed by atoms with van der Waals surface area (Å²) in [4.78, 5) is 12.0. The van der Waals surface area contributed by atoms with Crippen molar-refractivity contribution in [3.63, 3.8) is 0 Å². The highest BCUT2D eigenvalue weighted by Gasteiger charge is 2.44. The molecule has 0 spiro atoms. The van der Waals surface area contributed by atoms with E-state index in [9.17, 15) is 4.79 Å². The van der Waals surface area contributed by atoms with E-state index >= 15 is 0 Å². The number of rotatable bonds is 3. The van der Waals surface area contributed by atoms with E-state index in [1.54, 1.807) is 6.26 Å². The van der Waals surface area contributed by atoms with Gasteiger partial charge in [-0.25, -0.2) is 0 Å². The van der Waals surface area contributed by atoms with E-state index in [1.807, 2.05) is 0 Å². The summed E-state index contributed by atoms with van der Waals surface area (Å²) in [6.07, 6.45) is 5.43. The molecule has 0 bridgehead atoms. The van der Waals surface area contributed by atoms with Gasteiger partial charge >= 0.3 is 0 Å². The van der Waals surface area contributed by atoms with Gasteiger partial charge in [0.2, 0.25) is 0 Å². The molecule has 0 aromatic carbocycles. The zero-order valence-electron chi connectivity index (χ0n) is 7.71. The van der Waals surface area contributed by atoms with E-state index in [0.717, 1.165) is 31.3 Å². The molecule has 0 atom stereocenters. The molecular formula is C10H15NO2. The molecule has 1 heterocycles. The summed E-state index contributed by atoms with van der Waals surface area (Å²) in [5, 5.41) is 0. The molecule has 72 valence electrons. The molecule has 3 heteroatoms. The lowest BCUT2D eigenvalue weighted by molar-refractivity contribution is -0.128. The predicted molar refractivity (Wildman–Crippen MR) is 49.0 cm³/mol. The second kappa shape index (κ2) is 3.14. The first-order valence-electron chi connectivity index (χ1n) is 4.84. The molecule has 1 saturated carbocycles. The van der Waals surface area contributed by atoms with E-state index in [4.69, 9.17) is 10.5 Å². The maximum absolute atomic E-state index is 12.0. The van der Waals surface area contributed by atoms with Gasteiger partial charge in [-0.2, -0.15) is 0 Å². The Hall–Kier alpha value is -0.830. The minimum Gasteiger partial charge on any atom is -0.500 e. The number of Topliss-reactive ketones (excluding diaryl/α,β-unsaturated/α-hetero) is 1. The summed E-state index contributed by atoms with van der Waals surface area (Å²) in [5.41, 5.74) is 6.26. The van der Waals surface area contributed by atoms with Crippen LogP contribution in [0.1, 0.15) is 25.7 Å². The van der Waals surface area contributed by atoms with Crippen molar-refractivity contribution in [2.75, 3.05) is 13.2 Å². The Kier molecular flexibility index (Phi) is 2.12. The van der Waals surface area contributed by atoms with Gasteiger partial charge in [0.15, 0.2) is 5.78 Å². The van der Waals surface area contributed by atoms with Crippen molar-refractivity contribution in [2.24, 2.45) is 11.1 Å². The number of nitrogens with two attached hydrogens (primary N) is 1. The first-order valence-corrected chi connectivity index (χ1v) is 4.84. The van der Waals surface area contributed by atoms with E-state index in [2.05, 4.69) is 0 Å². The molecule has 0 amide bonds. The Morgan fingerprint density at radius 3 is 2.77 bits per heavy atom. The van der Waals surface area contributed by atoms with Crippen LogP contribution in [0.5, 0.6) is 0 Å². The first kappa shape index (κ1) is 8.75. The van der Waals surface area contributed by atoms with Crippen molar-refractivity contribution in [3.8, 4) is 0 Å². The van der Waals surface area contributed by atoms with Gasteiger partial charge in [-0.05, 0) is 12.8 Å². The van der Waals surface area contributed by atoms with Crippen molar-refractivity contribution in [2.45, 2.75) is 25.7 Å². The fourth-order valence-electron chi connectivity index (χ4n) is 2.02. The third kappa shape index (κ3) is 1.27. The molecule has 1 fully saturated rings. The summed E-state index contributed by atoms with van der Waals surface area (Å²) >= 11 is 0. The molecule has 0 radical (unpaired) electrons. The molecule has 0 aromatic rings. The average Bonchev–Trinajstić information content (AvgIpc) is 2.54. The minimum absolute atomic E-state index is 0.223. The van der Waals surface area contributed by atoms with E-state index < -0.39 is 0 Å². The summed E-state index contributed by atoms with van der Waals surface area (Å²) in [6, 6.07) is 0. The van der Waals surface area contributed by atoms with Crippen molar-refractivity contribution in [3.05, 3.63) is 11.8 Å². The van der Waals surface area contributed by atoms with Crippen LogP contribution in [0.15, 0.2) is 11.8 Å². The molecule has 1 aliphatic carbocycles. The fourth-order valence-corrected chi connectivity index (χ4v) is 2.02. The molecule has 2 aliphatic rings. The standard InChI is InChI=1S/C10H15NO2/c11-7-10(3-1-4-10)9(12)8-2-5-13-6-8/h6H,1-5,7,11H2. The van der Waals surface area contributed by atoms with Crippen LogP contribution in [0.25, 0.3) is 0 Å². The smallest absolute Gasteiger partial charge is 0.169 e. The molecule has 2 N–H and O–H groups in total. The average molecular weight is 181 g/mol. The van der Waals surface area contributed by atoms with E-state index in [-0.39, 0.29) is 11.2 Å². The quantitative estimate of drug-likeness (QED) is 0.706. The SMILES string of the molecule is NCC1(C(=O)C2=COCC2)CCC1. The molecule has 0 aromatic heterocycles. The third-order valence-corrected chi connectivity index (χ3v) is 3.19. The zero-order valence-corrected chi connectivity index (χ0v) is 7.71. The number of ketones is 1. The van der Waals surface area contributed by atoms with Gasteiger partial charge in [0.25, 0.3) is 0 Å². The van der Waals surface area contributed by atoms with Crippen LogP contribution in [0.4, 0.5) is 0 Å². The lowest BCUT2D eigenvalue weighted by atomic mass is 9.64. The van der Waals surface area contributed by atoms with Gasteiger partial charge in [0.05, 0.1) is 12.9 Å².